The number of benzene rings is 1. The minimum atomic E-state index is -0.758. The van der Waals surface area contributed by atoms with Gasteiger partial charge in [0.25, 0.3) is 0 Å². The standard InChI is InChI=1S/C16H21N3O2/c17-11-8-13-4-6-14(7-5-13)19-15(20)18-12-16(21)9-2-1-3-10-16/h4-7,21H,1-3,8-10,12H2,(H2,18,19,20). The van der Waals surface area contributed by atoms with Gasteiger partial charge >= 0.3 is 6.03 Å². The number of urea groups is 1. The Kier molecular flexibility index (Phi) is 5.18. The molecular weight excluding hydrogens is 266 g/mol. The van der Waals surface area contributed by atoms with Gasteiger partial charge in [-0.3, -0.25) is 0 Å². The average molecular weight is 287 g/mol. The Hall–Kier alpha value is -2.06. The van der Waals surface area contributed by atoms with Crippen LogP contribution in [0.1, 0.15) is 37.7 Å². The van der Waals surface area contributed by atoms with E-state index in [1.54, 1.807) is 12.1 Å². The molecule has 1 aliphatic rings. The van der Waals surface area contributed by atoms with Crippen molar-refractivity contribution < 1.29 is 9.90 Å². The van der Waals surface area contributed by atoms with Crippen LogP contribution >= 0.6 is 0 Å². The highest BCUT2D eigenvalue weighted by Crippen LogP contribution is 2.27. The number of hydrogen-bond acceptors (Lipinski definition) is 3. The number of nitrogens with zero attached hydrogens (tertiary/aromatic N) is 1. The predicted molar refractivity (Wildman–Crippen MR) is 80.8 cm³/mol. The molecule has 1 aromatic rings. The first-order chi connectivity index (χ1) is 10.1. The smallest absolute Gasteiger partial charge is 0.319 e. The summed E-state index contributed by atoms with van der Waals surface area (Å²) in [6.07, 6.45) is 5.04. The lowest BCUT2D eigenvalue weighted by molar-refractivity contribution is 0.00755. The first-order valence-corrected chi connectivity index (χ1v) is 7.34. The third kappa shape index (κ3) is 4.76. The third-order valence-electron chi connectivity index (χ3n) is 3.86. The molecule has 3 N–H and O–H groups in total. The van der Waals surface area contributed by atoms with Crippen LogP contribution in [0.4, 0.5) is 10.5 Å². The maximum atomic E-state index is 11.8. The Morgan fingerprint density at radius 1 is 1.24 bits per heavy atom. The Morgan fingerprint density at radius 2 is 1.90 bits per heavy atom. The normalized spacial score (nSPS) is 16.8. The number of aliphatic hydroxyl groups is 1. The molecule has 0 bridgehead atoms. The molecule has 0 radical (unpaired) electrons. The number of anilines is 1. The van der Waals surface area contributed by atoms with Crippen molar-refractivity contribution in [3.8, 4) is 6.07 Å². The summed E-state index contributed by atoms with van der Waals surface area (Å²) in [6, 6.07) is 8.92. The molecule has 112 valence electrons. The van der Waals surface area contributed by atoms with Gasteiger partial charge in [0.2, 0.25) is 0 Å². The molecule has 1 fully saturated rings. The van der Waals surface area contributed by atoms with Crippen LogP contribution in [0.5, 0.6) is 0 Å². The molecule has 1 aliphatic carbocycles. The van der Waals surface area contributed by atoms with E-state index in [9.17, 15) is 9.90 Å². The average Bonchev–Trinajstić information content (AvgIpc) is 2.49. The van der Waals surface area contributed by atoms with Crippen molar-refractivity contribution in [2.24, 2.45) is 0 Å². The zero-order valence-electron chi connectivity index (χ0n) is 12.1. The lowest BCUT2D eigenvalue weighted by atomic mass is 9.85. The van der Waals surface area contributed by atoms with E-state index in [-0.39, 0.29) is 12.6 Å². The summed E-state index contributed by atoms with van der Waals surface area (Å²) in [5, 5.41) is 24.4. The SMILES string of the molecule is N#CCc1ccc(NC(=O)NCC2(O)CCCCC2)cc1. The quantitative estimate of drug-likeness (QED) is 0.795. The van der Waals surface area contributed by atoms with E-state index in [2.05, 4.69) is 16.7 Å². The van der Waals surface area contributed by atoms with Gasteiger partial charge in [-0.15, -0.1) is 0 Å². The number of rotatable bonds is 4. The predicted octanol–water partition coefficient (Wildman–Crippen LogP) is 2.57. The molecule has 0 unspecified atom stereocenters. The Bertz CT molecular complexity index is 513. The van der Waals surface area contributed by atoms with Crippen LogP contribution in [-0.4, -0.2) is 23.3 Å². The molecule has 21 heavy (non-hydrogen) atoms. The molecule has 2 rings (SSSR count). The van der Waals surface area contributed by atoms with E-state index in [1.165, 1.54) is 0 Å². The molecule has 0 heterocycles. The highest BCUT2D eigenvalue weighted by molar-refractivity contribution is 5.89. The highest BCUT2D eigenvalue weighted by atomic mass is 16.3. The first kappa shape index (κ1) is 15.3. The van der Waals surface area contributed by atoms with Crippen molar-refractivity contribution in [1.82, 2.24) is 5.32 Å². The summed E-state index contributed by atoms with van der Waals surface area (Å²) in [7, 11) is 0. The molecule has 1 aromatic carbocycles. The van der Waals surface area contributed by atoms with Crippen molar-refractivity contribution >= 4 is 11.7 Å². The summed E-state index contributed by atoms with van der Waals surface area (Å²) in [6.45, 7) is 0.283. The molecule has 0 atom stereocenters. The maximum absolute atomic E-state index is 11.8. The molecule has 1 saturated carbocycles. The number of nitrogens with one attached hydrogen (secondary N) is 2. The zero-order chi connectivity index (χ0) is 15.1. The van der Waals surface area contributed by atoms with Gasteiger partial charge in [0, 0.05) is 12.2 Å². The highest BCUT2D eigenvalue weighted by Gasteiger charge is 2.29. The molecular formula is C16H21N3O2. The van der Waals surface area contributed by atoms with Gasteiger partial charge in [-0.2, -0.15) is 5.26 Å². The summed E-state index contributed by atoms with van der Waals surface area (Å²) >= 11 is 0. The van der Waals surface area contributed by atoms with Gasteiger partial charge in [0.1, 0.15) is 0 Å². The Balaban J connectivity index is 1.80. The topological polar surface area (TPSA) is 85.2 Å². The van der Waals surface area contributed by atoms with Crippen molar-refractivity contribution in [1.29, 1.82) is 5.26 Å². The zero-order valence-corrected chi connectivity index (χ0v) is 12.1. The van der Waals surface area contributed by atoms with Crippen LogP contribution in [0.3, 0.4) is 0 Å². The molecule has 0 saturated heterocycles. The largest absolute Gasteiger partial charge is 0.388 e. The third-order valence-corrected chi connectivity index (χ3v) is 3.86. The van der Waals surface area contributed by atoms with E-state index < -0.39 is 5.60 Å². The van der Waals surface area contributed by atoms with E-state index >= 15 is 0 Å². The van der Waals surface area contributed by atoms with Crippen LogP contribution < -0.4 is 10.6 Å². The second-order valence-electron chi connectivity index (χ2n) is 5.62. The van der Waals surface area contributed by atoms with E-state index in [0.717, 1.165) is 37.7 Å². The Labute approximate surface area is 125 Å². The van der Waals surface area contributed by atoms with Gasteiger partial charge in [-0.25, -0.2) is 4.79 Å². The Morgan fingerprint density at radius 3 is 2.52 bits per heavy atom. The second kappa shape index (κ2) is 7.09. The van der Waals surface area contributed by atoms with E-state index in [1.807, 2.05) is 12.1 Å². The number of amides is 2. The molecule has 2 amide bonds. The molecule has 0 aliphatic heterocycles. The molecule has 0 spiro atoms. The summed E-state index contributed by atoms with van der Waals surface area (Å²) in [5.41, 5.74) is 0.830. The first-order valence-electron chi connectivity index (χ1n) is 7.34. The van der Waals surface area contributed by atoms with Crippen LogP contribution in [0, 0.1) is 11.3 Å². The van der Waals surface area contributed by atoms with E-state index in [4.69, 9.17) is 5.26 Å². The van der Waals surface area contributed by atoms with Crippen molar-refractivity contribution in [3.63, 3.8) is 0 Å². The summed E-state index contributed by atoms with van der Waals surface area (Å²) in [5.74, 6) is 0. The summed E-state index contributed by atoms with van der Waals surface area (Å²) in [4.78, 5) is 11.8. The van der Waals surface area contributed by atoms with Crippen LogP contribution in [0.25, 0.3) is 0 Å². The number of carbonyl (C=O) groups excluding carboxylic acids is 1. The molecule has 0 aromatic heterocycles. The van der Waals surface area contributed by atoms with Crippen molar-refractivity contribution in [2.75, 3.05) is 11.9 Å². The number of hydrogen-bond donors (Lipinski definition) is 3. The van der Waals surface area contributed by atoms with Gasteiger partial charge in [-0.05, 0) is 30.5 Å². The fourth-order valence-electron chi connectivity index (χ4n) is 2.60. The van der Waals surface area contributed by atoms with E-state index in [0.29, 0.717) is 12.1 Å². The monoisotopic (exact) mass is 287 g/mol. The lowest BCUT2D eigenvalue weighted by Gasteiger charge is -2.32. The number of nitriles is 1. The minimum Gasteiger partial charge on any atom is -0.388 e. The van der Waals surface area contributed by atoms with Crippen molar-refractivity contribution in [2.45, 2.75) is 44.1 Å². The van der Waals surface area contributed by atoms with Gasteiger partial charge in [0.15, 0.2) is 0 Å². The fraction of sp³-hybridized carbons (Fsp3) is 0.500. The van der Waals surface area contributed by atoms with Crippen molar-refractivity contribution in [3.05, 3.63) is 29.8 Å². The lowest BCUT2D eigenvalue weighted by Crippen LogP contribution is -2.45. The van der Waals surface area contributed by atoms with Gasteiger partial charge in [-0.1, -0.05) is 31.4 Å². The molecule has 5 heteroatoms. The van der Waals surface area contributed by atoms with Gasteiger partial charge < -0.3 is 15.7 Å². The maximum Gasteiger partial charge on any atom is 0.319 e. The van der Waals surface area contributed by atoms with Crippen LogP contribution in [-0.2, 0) is 6.42 Å². The fourth-order valence-corrected chi connectivity index (χ4v) is 2.60. The van der Waals surface area contributed by atoms with Crippen LogP contribution in [0.2, 0.25) is 0 Å². The minimum absolute atomic E-state index is 0.283. The van der Waals surface area contributed by atoms with Gasteiger partial charge in [0.05, 0.1) is 18.1 Å². The molecule has 5 nitrogen and oxygen atoms in total. The number of carbonyl (C=O) groups is 1. The second-order valence-corrected chi connectivity index (χ2v) is 5.62. The summed E-state index contributed by atoms with van der Waals surface area (Å²) < 4.78 is 0. The van der Waals surface area contributed by atoms with Crippen LogP contribution in [0.15, 0.2) is 24.3 Å².